The van der Waals surface area contributed by atoms with Gasteiger partial charge in [0.2, 0.25) is 5.91 Å². The smallest absolute Gasteiger partial charge is 0.248 e. The Morgan fingerprint density at radius 2 is 1.68 bits per heavy atom. The second kappa shape index (κ2) is 18.0. The van der Waals surface area contributed by atoms with Crippen LogP contribution in [0.1, 0.15) is 53.5 Å². The molecule has 40 heavy (non-hydrogen) atoms. The topological polar surface area (TPSA) is 56.8 Å². The summed E-state index contributed by atoms with van der Waals surface area (Å²) in [6, 6.07) is 10.2. The summed E-state index contributed by atoms with van der Waals surface area (Å²) < 4.78 is 17.8. The second-order valence-corrected chi connectivity index (χ2v) is 16.6. The predicted octanol–water partition coefficient (Wildman–Crippen LogP) is 8.10. The van der Waals surface area contributed by atoms with Crippen LogP contribution >= 0.6 is 0 Å². The molecule has 0 aliphatic rings. The van der Waals surface area contributed by atoms with E-state index >= 15 is 0 Å². The maximum absolute atomic E-state index is 12.3. The molecule has 222 valence electrons. The highest BCUT2D eigenvalue weighted by atomic mass is 28.4. The first kappa shape index (κ1) is 35.5. The van der Waals surface area contributed by atoms with Crippen molar-refractivity contribution in [2.75, 3.05) is 20.8 Å². The van der Waals surface area contributed by atoms with Gasteiger partial charge in [0.1, 0.15) is 0 Å². The Labute approximate surface area is 245 Å². The third-order valence-electron chi connectivity index (χ3n) is 7.53. The summed E-state index contributed by atoms with van der Waals surface area (Å²) in [5, 5.41) is 3.01. The molecule has 0 aromatic heterocycles. The zero-order valence-corrected chi connectivity index (χ0v) is 27.4. The molecule has 0 spiro atoms. The van der Waals surface area contributed by atoms with Gasteiger partial charge in [0.25, 0.3) is 0 Å². The summed E-state index contributed by atoms with van der Waals surface area (Å²) in [5.41, 5.74) is 2.01. The van der Waals surface area contributed by atoms with Crippen LogP contribution in [0.5, 0.6) is 0 Å². The van der Waals surface area contributed by atoms with Gasteiger partial charge in [-0.3, -0.25) is 4.79 Å². The van der Waals surface area contributed by atoms with Crippen LogP contribution in [0.3, 0.4) is 0 Å². The number of amides is 1. The van der Waals surface area contributed by atoms with Crippen LogP contribution in [0.2, 0.25) is 18.1 Å². The fourth-order valence-corrected chi connectivity index (χ4v) is 4.91. The normalized spacial score (nSPS) is 16.7. The molecule has 0 heterocycles. The third kappa shape index (κ3) is 13.2. The van der Waals surface area contributed by atoms with Gasteiger partial charge in [0.05, 0.1) is 18.8 Å². The number of benzene rings is 1. The molecular weight excluding hydrogens is 514 g/mol. The number of carbonyl (C=O) groups excluding carboxylic acids is 1. The number of nitrogens with one attached hydrogen (secondary N) is 1. The molecule has 0 saturated carbocycles. The van der Waals surface area contributed by atoms with Gasteiger partial charge in [-0.05, 0) is 42.6 Å². The first-order valence-corrected chi connectivity index (χ1v) is 17.1. The highest BCUT2D eigenvalue weighted by Crippen LogP contribution is 2.36. The van der Waals surface area contributed by atoms with Gasteiger partial charge in [0.15, 0.2) is 8.32 Å². The van der Waals surface area contributed by atoms with Crippen LogP contribution in [0.25, 0.3) is 6.08 Å². The molecule has 1 rings (SSSR count). The van der Waals surface area contributed by atoms with Gasteiger partial charge >= 0.3 is 0 Å². The van der Waals surface area contributed by atoms with E-state index in [-0.39, 0.29) is 35.0 Å². The number of rotatable bonds is 16. The molecular formula is C34H53NO4Si. The van der Waals surface area contributed by atoms with Crippen LogP contribution < -0.4 is 5.32 Å². The van der Waals surface area contributed by atoms with Crippen molar-refractivity contribution in [1.29, 1.82) is 0 Å². The SMILES string of the molecule is CO[C@H]([C@H](C)[C@H](/C=C/c1ccccc1)OC)[C@@H](C)/C=C/C(C)=C/C(=O)N/C=C\C/C=C\CO[Si](C)(C)C(C)(C)C. The largest absolute Gasteiger partial charge is 0.413 e. The molecule has 0 bridgehead atoms. The molecule has 0 unspecified atom stereocenters. The van der Waals surface area contributed by atoms with Crippen LogP contribution in [0, 0.1) is 11.8 Å². The number of hydrogen-bond donors (Lipinski definition) is 1. The molecule has 1 aromatic rings. The Bertz CT molecular complexity index is 1020. The second-order valence-electron chi connectivity index (χ2n) is 11.8. The number of methoxy groups -OCH3 is 2. The summed E-state index contributed by atoms with van der Waals surface area (Å²) >= 11 is 0. The molecule has 4 atom stereocenters. The monoisotopic (exact) mass is 567 g/mol. The van der Waals surface area contributed by atoms with Crippen molar-refractivity contribution >= 4 is 20.3 Å². The average Bonchev–Trinajstić information content (AvgIpc) is 2.89. The highest BCUT2D eigenvalue weighted by Gasteiger charge is 2.36. The summed E-state index contributed by atoms with van der Waals surface area (Å²) in [6.07, 6.45) is 18.1. The molecule has 1 amide bonds. The summed E-state index contributed by atoms with van der Waals surface area (Å²) in [5.74, 6) is 0.0972. The van der Waals surface area contributed by atoms with Crippen molar-refractivity contribution in [2.24, 2.45) is 11.8 Å². The molecule has 5 nitrogen and oxygen atoms in total. The fourth-order valence-electron chi connectivity index (χ4n) is 3.97. The minimum atomic E-state index is -1.72. The summed E-state index contributed by atoms with van der Waals surface area (Å²) in [7, 11) is 1.75. The van der Waals surface area contributed by atoms with E-state index in [1.165, 1.54) is 0 Å². The van der Waals surface area contributed by atoms with Crippen molar-refractivity contribution in [2.45, 2.75) is 78.3 Å². The van der Waals surface area contributed by atoms with Gasteiger partial charge < -0.3 is 19.2 Å². The average molecular weight is 568 g/mol. The Morgan fingerprint density at radius 1 is 1.00 bits per heavy atom. The molecule has 0 fully saturated rings. The van der Waals surface area contributed by atoms with E-state index in [9.17, 15) is 4.79 Å². The van der Waals surface area contributed by atoms with Crippen molar-refractivity contribution in [1.82, 2.24) is 5.32 Å². The lowest BCUT2D eigenvalue weighted by molar-refractivity contribution is -0.115. The van der Waals surface area contributed by atoms with Crippen molar-refractivity contribution in [3.63, 3.8) is 0 Å². The minimum Gasteiger partial charge on any atom is -0.413 e. The van der Waals surface area contributed by atoms with Crippen molar-refractivity contribution in [3.8, 4) is 0 Å². The zero-order valence-electron chi connectivity index (χ0n) is 26.4. The van der Waals surface area contributed by atoms with E-state index in [1.54, 1.807) is 26.5 Å². The van der Waals surface area contributed by atoms with Crippen LogP contribution in [0.4, 0.5) is 0 Å². The Morgan fingerprint density at radius 3 is 2.27 bits per heavy atom. The standard InChI is InChI=1S/C34H53NO4Si/c1-27(26-32(36)35-24-16-11-12-17-25-39-40(9,10)34(4,5)6)20-21-28(2)33(38-8)29(3)31(37-7)23-22-30-18-14-13-15-19-30/h12-24,26,28-29,31,33H,11,25H2,1-10H3,(H,35,36)/b17-12-,21-20+,23-22+,24-16-,27-26+/t28-,29+,31-,33-/m0/s1. The van der Waals surface area contributed by atoms with E-state index in [4.69, 9.17) is 13.9 Å². The molecule has 1 N–H and O–H groups in total. The Kier molecular flexibility index (Phi) is 16.0. The lowest BCUT2D eigenvalue weighted by Gasteiger charge is -2.35. The highest BCUT2D eigenvalue weighted by molar-refractivity contribution is 6.74. The summed E-state index contributed by atoms with van der Waals surface area (Å²) in [6.45, 7) is 18.0. The van der Waals surface area contributed by atoms with Crippen molar-refractivity contribution < 1.29 is 18.7 Å². The number of ether oxygens (including phenoxy) is 2. The van der Waals surface area contributed by atoms with E-state index in [2.05, 4.69) is 89.5 Å². The predicted molar refractivity (Wildman–Crippen MR) is 172 cm³/mol. The minimum absolute atomic E-state index is 0.0495. The van der Waals surface area contributed by atoms with Gasteiger partial charge in [-0.2, -0.15) is 0 Å². The van der Waals surface area contributed by atoms with E-state index in [1.807, 2.05) is 43.4 Å². The molecule has 0 saturated heterocycles. The number of allylic oxidation sites excluding steroid dienone is 4. The number of carbonyl (C=O) groups is 1. The molecule has 0 radical (unpaired) electrons. The lowest BCUT2D eigenvalue weighted by Crippen LogP contribution is -2.40. The zero-order chi connectivity index (χ0) is 30.2. The first-order valence-electron chi connectivity index (χ1n) is 14.2. The van der Waals surface area contributed by atoms with E-state index < -0.39 is 8.32 Å². The van der Waals surface area contributed by atoms with Crippen molar-refractivity contribution in [3.05, 3.63) is 90.2 Å². The molecule has 0 aliphatic heterocycles. The molecule has 6 heteroatoms. The van der Waals surface area contributed by atoms with Crippen LogP contribution in [-0.4, -0.2) is 47.3 Å². The van der Waals surface area contributed by atoms with Crippen LogP contribution in [-0.2, 0) is 18.7 Å². The lowest BCUT2D eigenvalue weighted by atomic mass is 9.88. The van der Waals surface area contributed by atoms with E-state index in [0.29, 0.717) is 6.61 Å². The van der Waals surface area contributed by atoms with Crippen LogP contribution in [0.15, 0.2) is 84.6 Å². The maximum atomic E-state index is 12.3. The van der Waals surface area contributed by atoms with Gasteiger partial charge in [-0.15, -0.1) is 0 Å². The van der Waals surface area contributed by atoms with Gasteiger partial charge in [0, 0.05) is 38.3 Å². The maximum Gasteiger partial charge on any atom is 0.248 e. The van der Waals surface area contributed by atoms with E-state index in [0.717, 1.165) is 17.6 Å². The molecule has 0 aliphatic carbocycles. The van der Waals surface area contributed by atoms with Gasteiger partial charge in [-0.1, -0.05) is 107 Å². The fraction of sp³-hybridized carbons (Fsp3) is 0.500. The quantitative estimate of drug-likeness (QED) is 0.0949. The Hall–Kier alpha value is -2.51. The molecule has 1 aromatic carbocycles. The number of hydrogen-bond acceptors (Lipinski definition) is 4. The Balaban J connectivity index is 2.56. The first-order chi connectivity index (χ1) is 18.8. The third-order valence-corrected chi connectivity index (χ3v) is 12.0. The summed E-state index contributed by atoms with van der Waals surface area (Å²) in [4.78, 5) is 12.3. The van der Waals surface area contributed by atoms with Gasteiger partial charge in [-0.25, -0.2) is 0 Å².